The van der Waals surface area contributed by atoms with Gasteiger partial charge in [-0.3, -0.25) is 14.2 Å². The van der Waals surface area contributed by atoms with Gasteiger partial charge in [-0.2, -0.15) is 0 Å². The topological polar surface area (TPSA) is 93.9 Å². The Morgan fingerprint density at radius 3 is 2.69 bits per heavy atom. The molecule has 0 radical (unpaired) electrons. The number of aromatic nitrogens is 2. The van der Waals surface area contributed by atoms with Crippen LogP contribution in [-0.2, 0) is 16.1 Å². The first-order valence-electron chi connectivity index (χ1n) is 9.14. The van der Waals surface area contributed by atoms with E-state index in [-0.39, 0.29) is 36.2 Å². The van der Waals surface area contributed by atoms with Crippen LogP contribution in [0.1, 0.15) is 59.7 Å². The number of rotatable bonds is 5. The number of carbonyl (C=O) groups excluding carboxylic acids is 2. The zero-order valence-corrected chi connectivity index (χ0v) is 15.0. The van der Waals surface area contributed by atoms with Crippen LogP contribution in [0.4, 0.5) is 0 Å². The van der Waals surface area contributed by atoms with Crippen molar-refractivity contribution < 1.29 is 24.2 Å². The molecule has 8 heteroatoms. The van der Waals surface area contributed by atoms with Gasteiger partial charge < -0.3 is 19.5 Å². The molecular weight excluding hydrogens is 338 g/mol. The van der Waals surface area contributed by atoms with Crippen molar-refractivity contribution in [1.82, 2.24) is 14.5 Å². The highest BCUT2D eigenvalue weighted by atomic mass is 16.6. The molecule has 0 spiro atoms. The van der Waals surface area contributed by atoms with E-state index in [2.05, 4.69) is 4.98 Å². The molecule has 0 amide bonds. The molecule has 1 aromatic rings. The first-order chi connectivity index (χ1) is 12.6. The van der Waals surface area contributed by atoms with Gasteiger partial charge in [0.2, 0.25) is 11.6 Å². The van der Waals surface area contributed by atoms with E-state index in [9.17, 15) is 14.7 Å². The molecule has 0 saturated carbocycles. The molecule has 0 unspecified atom stereocenters. The van der Waals surface area contributed by atoms with E-state index in [1.807, 2.05) is 18.7 Å². The molecule has 2 aliphatic heterocycles. The second-order valence-electron chi connectivity index (χ2n) is 6.87. The number of hydrogen-bond acceptors (Lipinski definition) is 7. The summed E-state index contributed by atoms with van der Waals surface area (Å²) in [5.41, 5.74) is 0.814. The van der Waals surface area contributed by atoms with Crippen LogP contribution in [0, 0.1) is 0 Å². The van der Waals surface area contributed by atoms with Crippen LogP contribution >= 0.6 is 0 Å². The number of imidazole rings is 1. The Labute approximate surface area is 151 Å². The fourth-order valence-electron chi connectivity index (χ4n) is 3.92. The first kappa shape index (κ1) is 17.4. The smallest absolute Gasteiger partial charge is 0.229 e. The average Bonchev–Trinajstić information content (AvgIpc) is 3.19. The van der Waals surface area contributed by atoms with Gasteiger partial charge in [-0.25, -0.2) is 4.98 Å². The van der Waals surface area contributed by atoms with E-state index in [0.29, 0.717) is 24.6 Å². The van der Waals surface area contributed by atoms with Crippen molar-refractivity contribution >= 4 is 11.6 Å². The van der Waals surface area contributed by atoms with Crippen molar-refractivity contribution in [1.29, 1.82) is 0 Å². The molecule has 3 heterocycles. The maximum atomic E-state index is 13.1. The Hall–Kier alpha value is -2.03. The summed E-state index contributed by atoms with van der Waals surface area (Å²) in [6.07, 6.45) is 1.26. The average molecular weight is 361 g/mol. The van der Waals surface area contributed by atoms with Gasteiger partial charge >= 0.3 is 0 Å². The lowest BCUT2D eigenvalue weighted by atomic mass is 10.0. The summed E-state index contributed by atoms with van der Waals surface area (Å²) in [6.45, 7) is 5.78. The van der Waals surface area contributed by atoms with Crippen molar-refractivity contribution in [2.75, 3.05) is 19.7 Å². The second kappa shape index (κ2) is 6.61. The molecule has 1 saturated heterocycles. The SMILES string of the molecule is CCCN(CCC)C1=CC(=O)c2c(nc3n2[C@H]2OC[C@@H](O)[C@H]2OC3)C1=O. The summed E-state index contributed by atoms with van der Waals surface area (Å²) in [4.78, 5) is 32.3. The summed E-state index contributed by atoms with van der Waals surface area (Å²) in [5, 5.41) is 9.99. The van der Waals surface area contributed by atoms with Crippen LogP contribution < -0.4 is 0 Å². The molecule has 1 fully saturated rings. The Morgan fingerprint density at radius 2 is 2.00 bits per heavy atom. The van der Waals surface area contributed by atoms with E-state index in [1.165, 1.54) is 6.08 Å². The molecule has 1 aliphatic carbocycles. The molecule has 1 N–H and O–H groups in total. The molecule has 3 aliphatic rings. The van der Waals surface area contributed by atoms with Crippen molar-refractivity contribution in [3.8, 4) is 0 Å². The van der Waals surface area contributed by atoms with Crippen LogP contribution in [0.15, 0.2) is 11.8 Å². The lowest BCUT2D eigenvalue weighted by Crippen LogP contribution is -2.38. The molecule has 0 bridgehead atoms. The second-order valence-corrected chi connectivity index (χ2v) is 6.87. The number of nitrogens with zero attached hydrogens (tertiary/aromatic N) is 3. The van der Waals surface area contributed by atoms with Gasteiger partial charge in [-0.1, -0.05) is 13.8 Å². The monoisotopic (exact) mass is 361 g/mol. The van der Waals surface area contributed by atoms with E-state index < -0.39 is 18.4 Å². The maximum absolute atomic E-state index is 13.1. The van der Waals surface area contributed by atoms with Gasteiger partial charge in [0, 0.05) is 19.2 Å². The van der Waals surface area contributed by atoms with Crippen LogP contribution in [0.3, 0.4) is 0 Å². The zero-order chi connectivity index (χ0) is 18.4. The number of aliphatic hydroxyl groups is 1. The third-order valence-electron chi connectivity index (χ3n) is 5.02. The summed E-state index contributed by atoms with van der Waals surface area (Å²) < 4.78 is 12.9. The molecule has 8 nitrogen and oxygen atoms in total. The summed E-state index contributed by atoms with van der Waals surface area (Å²) in [5.74, 6) is -0.00563. The predicted molar refractivity (Wildman–Crippen MR) is 90.7 cm³/mol. The molecule has 140 valence electrons. The quantitative estimate of drug-likeness (QED) is 0.838. The maximum Gasteiger partial charge on any atom is 0.229 e. The molecule has 3 atom stereocenters. The van der Waals surface area contributed by atoms with Crippen molar-refractivity contribution in [2.45, 2.75) is 51.7 Å². The fraction of sp³-hybridized carbons (Fsp3) is 0.611. The van der Waals surface area contributed by atoms with Crippen LogP contribution in [0.2, 0.25) is 0 Å². The van der Waals surface area contributed by atoms with Crippen molar-refractivity contribution in [2.24, 2.45) is 0 Å². The number of aliphatic hydroxyl groups excluding tert-OH is 1. The van der Waals surface area contributed by atoms with Crippen LogP contribution in [0.5, 0.6) is 0 Å². The Morgan fingerprint density at radius 1 is 1.27 bits per heavy atom. The Balaban J connectivity index is 1.74. The minimum atomic E-state index is -0.753. The number of carbonyl (C=O) groups is 2. The Bertz CT molecular complexity index is 778. The normalized spacial score (nSPS) is 27.0. The molecule has 26 heavy (non-hydrogen) atoms. The number of Topliss-reactive ketones (excluding diaryl/α,β-unsaturated/α-hetero) is 1. The fourth-order valence-corrected chi connectivity index (χ4v) is 3.92. The lowest BCUT2D eigenvalue weighted by Gasteiger charge is -2.30. The summed E-state index contributed by atoms with van der Waals surface area (Å²) >= 11 is 0. The number of hydrogen-bond donors (Lipinski definition) is 1. The minimum Gasteiger partial charge on any atom is -0.388 e. The number of allylic oxidation sites excluding steroid dienone is 2. The number of ketones is 2. The standard InChI is InChI=1S/C18H23N3O5/c1-3-5-20(6-4-2)10-7-11(22)15-14(16(10)24)19-13-9-25-17-12(23)8-26-18(17)21(13)15/h7,12,17-18,23H,3-6,8-9H2,1-2H3/t12-,17-,18+/m1/s1. The largest absolute Gasteiger partial charge is 0.388 e. The van der Waals surface area contributed by atoms with Gasteiger partial charge in [0.1, 0.15) is 36.0 Å². The summed E-state index contributed by atoms with van der Waals surface area (Å²) in [6, 6.07) is 0. The highest BCUT2D eigenvalue weighted by Gasteiger charge is 2.46. The zero-order valence-electron chi connectivity index (χ0n) is 15.0. The van der Waals surface area contributed by atoms with Crippen LogP contribution in [-0.4, -0.2) is 63.0 Å². The highest BCUT2D eigenvalue weighted by Crippen LogP contribution is 2.37. The van der Waals surface area contributed by atoms with Crippen molar-refractivity contribution in [3.05, 3.63) is 29.0 Å². The van der Waals surface area contributed by atoms with Gasteiger partial charge in [-0.05, 0) is 12.8 Å². The third kappa shape index (κ3) is 2.52. The van der Waals surface area contributed by atoms with Gasteiger partial charge in [0.15, 0.2) is 6.23 Å². The van der Waals surface area contributed by atoms with E-state index in [1.54, 1.807) is 4.57 Å². The van der Waals surface area contributed by atoms with Gasteiger partial charge in [0.25, 0.3) is 0 Å². The summed E-state index contributed by atoms with van der Waals surface area (Å²) in [7, 11) is 0. The van der Waals surface area contributed by atoms with E-state index >= 15 is 0 Å². The van der Waals surface area contributed by atoms with Gasteiger partial charge in [-0.15, -0.1) is 0 Å². The highest BCUT2D eigenvalue weighted by molar-refractivity contribution is 6.22. The number of ether oxygens (including phenoxy) is 2. The third-order valence-corrected chi connectivity index (χ3v) is 5.02. The van der Waals surface area contributed by atoms with Gasteiger partial charge in [0.05, 0.1) is 12.3 Å². The predicted octanol–water partition coefficient (Wildman–Crippen LogP) is 1.06. The molecule has 1 aromatic heterocycles. The molecule has 0 aromatic carbocycles. The van der Waals surface area contributed by atoms with E-state index in [4.69, 9.17) is 9.47 Å². The number of fused-ring (bicyclic) bond motifs is 5. The van der Waals surface area contributed by atoms with E-state index in [0.717, 1.165) is 12.8 Å². The van der Waals surface area contributed by atoms with Crippen LogP contribution in [0.25, 0.3) is 0 Å². The lowest BCUT2D eigenvalue weighted by molar-refractivity contribution is -0.0992. The molecule has 4 rings (SSSR count). The molecular formula is C18H23N3O5. The first-order valence-corrected chi connectivity index (χ1v) is 9.14. The van der Waals surface area contributed by atoms with Crippen molar-refractivity contribution in [3.63, 3.8) is 0 Å². The Kier molecular flexibility index (Phi) is 4.42. The minimum absolute atomic E-state index is 0.131.